The molecule has 0 unspecified atom stereocenters. The van der Waals surface area contributed by atoms with Crippen molar-refractivity contribution in [1.29, 1.82) is 0 Å². The second-order valence-electron chi connectivity index (χ2n) is 5.80. The smallest absolute Gasteiger partial charge is 0.416 e. The molecular formula is C17H13ClF3N3O3S2. The van der Waals surface area contributed by atoms with Crippen LogP contribution in [-0.4, -0.2) is 18.6 Å². The maximum Gasteiger partial charge on any atom is 0.416 e. The molecule has 0 fully saturated rings. The number of nitrogens with one attached hydrogen (secondary N) is 1. The van der Waals surface area contributed by atoms with Gasteiger partial charge in [-0.3, -0.25) is 4.72 Å². The minimum atomic E-state index is -4.48. The van der Waals surface area contributed by atoms with Crippen LogP contribution in [0.25, 0.3) is 0 Å². The molecule has 1 N–H and O–H groups in total. The first-order valence-electron chi connectivity index (χ1n) is 7.98. The number of anilines is 1. The van der Waals surface area contributed by atoms with Gasteiger partial charge in [-0.25, -0.2) is 8.42 Å². The van der Waals surface area contributed by atoms with E-state index in [1.165, 1.54) is 0 Å². The number of alkyl halides is 3. The SMILES string of the molecule is O=S(=O)(Cc1ccc(C(F)(F)F)cc1)Nc1nnc(COc2ccc(Cl)cc2)s1. The standard InChI is InChI=1S/C17H13ClF3N3O3S2/c18-13-5-7-14(8-6-13)27-9-15-22-23-16(28-15)24-29(25,26)10-11-1-3-12(4-2-11)17(19,20)21/h1-8H,9-10H2,(H,23,24). The summed E-state index contributed by atoms with van der Waals surface area (Å²) in [6, 6.07) is 10.6. The molecule has 12 heteroatoms. The van der Waals surface area contributed by atoms with Crippen molar-refractivity contribution in [3.63, 3.8) is 0 Å². The predicted molar refractivity (Wildman–Crippen MR) is 103 cm³/mol. The second-order valence-corrected chi connectivity index (χ2v) is 9.02. The van der Waals surface area contributed by atoms with Gasteiger partial charge in [0.2, 0.25) is 15.2 Å². The first-order chi connectivity index (χ1) is 13.6. The van der Waals surface area contributed by atoms with Crippen LogP contribution < -0.4 is 9.46 Å². The zero-order valence-corrected chi connectivity index (χ0v) is 16.9. The van der Waals surface area contributed by atoms with Crippen molar-refractivity contribution in [3.05, 3.63) is 69.7 Å². The van der Waals surface area contributed by atoms with E-state index in [0.717, 1.165) is 35.6 Å². The fourth-order valence-corrected chi connectivity index (χ4v) is 4.40. The van der Waals surface area contributed by atoms with Gasteiger partial charge in [-0.2, -0.15) is 13.2 Å². The number of rotatable bonds is 7. The summed E-state index contributed by atoms with van der Waals surface area (Å²) >= 11 is 6.77. The molecule has 6 nitrogen and oxygen atoms in total. The fourth-order valence-electron chi connectivity index (χ4n) is 2.21. The topological polar surface area (TPSA) is 81.2 Å². The van der Waals surface area contributed by atoms with E-state index in [9.17, 15) is 21.6 Å². The maximum absolute atomic E-state index is 12.6. The number of hydrogen-bond donors (Lipinski definition) is 1. The lowest BCUT2D eigenvalue weighted by Gasteiger charge is -2.08. The molecule has 0 radical (unpaired) electrons. The number of halogens is 4. The third-order valence-corrected chi connectivity index (χ3v) is 5.93. The Kier molecular flexibility index (Phi) is 6.30. The highest BCUT2D eigenvalue weighted by Crippen LogP contribution is 2.29. The van der Waals surface area contributed by atoms with Crippen molar-refractivity contribution in [2.45, 2.75) is 18.5 Å². The largest absolute Gasteiger partial charge is 0.486 e. The normalized spacial score (nSPS) is 12.0. The van der Waals surface area contributed by atoms with Crippen LogP contribution in [0.5, 0.6) is 5.75 Å². The molecule has 0 atom stereocenters. The van der Waals surface area contributed by atoms with Gasteiger partial charge in [0.25, 0.3) is 0 Å². The molecule has 0 aliphatic carbocycles. The lowest BCUT2D eigenvalue weighted by molar-refractivity contribution is -0.137. The zero-order chi connectivity index (χ0) is 21.1. The number of aromatic nitrogens is 2. The average Bonchev–Trinajstić information content (AvgIpc) is 3.07. The van der Waals surface area contributed by atoms with Gasteiger partial charge in [0.05, 0.1) is 11.3 Å². The van der Waals surface area contributed by atoms with E-state index in [1.54, 1.807) is 24.3 Å². The molecule has 1 aromatic heterocycles. The highest BCUT2D eigenvalue weighted by molar-refractivity contribution is 7.92. The van der Waals surface area contributed by atoms with Crippen molar-refractivity contribution in [3.8, 4) is 5.75 Å². The molecule has 0 amide bonds. The van der Waals surface area contributed by atoms with Crippen LogP contribution in [0.3, 0.4) is 0 Å². The molecule has 3 aromatic rings. The molecule has 0 aliphatic rings. The van der Waals surface area contributed by atoms with E-state index in [2.05, 4.69) is 14.9 Å². The van der Waals surface area contributed by atoms with Crippen LogP contribution in [0.15, 0.2) is 48.5 Å². The minimum absolute atomic E-state index is 0.0339. The maximum atomic E-state index is 12.6. The van der Waals surface area contributed by atoms with E-state index >= 15 is 0 Å². The molecule has 2 aromatic carbocycles. The molecule has 3 rings (SSSR count). The van der Waals surface area contributed by atoms with Gasteiger partial charge >= 0.3 is 6.18 Å². The summed E-state index contributed by atoms with van der Waals surface area (Å²) in [6.45, 7) is 0.0833. The monoisotopic (exact) mass is 463 g/mol. The minimum Gasteiger partial charge on any atom is -0.486 e. The summed E-state index contributed by atoms with van der Waals surface area (Å²) in [5.41, 5.74) is -0.637. The van der Waals surface area contributed by atoms with Crippen molar-refractivity contribution in [2.24, 2.45) is 0 Å². The van der Waals surface area contributed by atoms with Crippen LogP contribution in [-0.2, 0) is 28.6 Å². The number of benzene rings is 2. The van der Waals surface area contributed by atoms with Gasteiger partial charge in [-0.1, -0.05) is 35.1 Å². The molecule has 0 saturated carbocycles. The summed E-state index contributed by atoms with van der Waals surface area (Å²) in [5, 5.41) is 8.63. The Bertz CT molecular complexity index is 1070. The molecule has 154 valence electrons. The second kappa shape index (κ2) is 8.56. The van der Waals surface area contributed by atoms with Crippen LogP contribution in [0, 0.1) is 0 Å². The molecule has 0 bridgehead atoms. The summed E-state index contributed by atoms with van der Waals surface area (Å²) in [4.78, 5) is 0. The molecule has 0 saturated heterocycles. The highest BCUT2D eigenvalue weighted by atomic mass is 35.5. The Labute approximate surface area is 173 Å². The van der Waals surface area contributed by atoms with E-state index < -0.39 is 27.5 Å². The van der Waals surface area contributed by atoms with Crippen molar-refractivity contribution >= 4 is 38.1 Å². The Morgan fingerprint density at radius 2 is 1.69 bits per heavy atom. The zero-order valence-electron chi connectivity index (χ0n) is 14.5. The summed E-state index contributed by atoms with van der Waals surface area (Å²) in [5.74, 6) is 0.0652. The van der Waals surface area contributed by atoms with Crippen LogP contribution in [0.4, 0.5) is 18.3 Å². The Morgan fingerprint density at radius 3 is 2.31 bits per heavy atom. The average molecular weight is 464 g/mol. The lowest BCUT2D eigenvalue weighted by atomic mass is 10.1. The van der Waals surface area contributed by atoms with E-state index in [4.69, 9.17) is 16.3 Å². The van der Waals surface area contributed by atoms with Crippen molar-refractivity contribution in [2.75, 3.05) is 4.72 Å². The van der Waals surface area contributed by atoms with E-state index in [-0.39, 0.29) is 17.3 Å². The van der Waals surface area contributed by atoms with Gasteiger partial charge in [0, 0.05) is 5.02 Å². The number of sulfonamides is 1. The van der Waals surface area contributed by atoms with Gasteiger partial charge in [-0.05, 0) is 42.0 Å². The number of ether oxygens (including phenoxy) is 1. The molecular weight excluding hydrogens is 451 g/mol. The number of hydrogen-bond acceptors (Lipinski definition) is 6. The first-order valence-corrected chi connectivity index (χ1v) is 10.8. The molecule has 0 aliphatic heterocycles. The highest BCUT2D eigenvalue weighted by Gasteiger charge is 2.30. The van der Waals surface area contributed by atoms with Gasteiger partial charge < -0.3 is 4.74 Å². The lowest BCUT2D eigenvalue weighted by Crippen LogP contribution is -2.15. The van der Waals surface area contributed by atoms with Gasteiger partial charge in [0.1, 0.15) is 12.4 Å². The van der Waals surface area contributed by atoms with Gasteiger partial charge in [-0.15, -0.1) is 10.2 Å². The molecule has 0 spiro atoms. The summed E-state index contributed by atoms with van der Waals surface area (Å²) in [6.07, 6.45) is -4.48. The number of nitrogens with zero attached hydrogens (tertiary/aromatic N) is 2. The first kappa shape index (κ1) is 21.3. The van der Waals surface area contributed by atoms with Crippen LogP contribution in [0.2, 0.25) is 5.02 Å². The predicted octanol–water partition coefficient (Wildman–Crippen LogP) is 4.73. The third-order valence-electron chi connectivity index (χ3n) is 3.52. The third kappa shape index (κ3) is 6.31. The fraction of sp³-hybridized carbons (Fsp3) is 0.176. The van der Waals surface area contributed by atoms with E-state index in [1.807, 2.05) is 0 Å². The molecule has 1 heterocycles. The van der Waals surface area contributed by atoms with Crippen molar-refractivity contribution in [1.82, 2.24) is 10.2 Å². The van der Waals surface area contributed by atoms with Crippen LogP contribution >= 0.6 is 22.9 Å². The molecule has 29 heavy (non-hydrogen) atoms. The summed E-state index contributed by atoms with van der Waals surface area (Å²) < 4.78 is 70.0. The van der Waals surface area contributed by atoms with E-state index in [0.29, 0.717) is 15.8 Å². The Morgan fingerprint density at radius 1 is 1.03 bits per heavy atom. The quantitative estimate of drug-likeness (QED) is 0.547. The Hall–Kier alpha value is -2.37. The van der Waals surface area contributed by atoms with Gasteiger partial charge in [0.15, 0.2) is 5.01 Å². The van der Waals surface area contributed by atoms with Crippen LogP contribution in [0.1, 0.15) is 16.1 Å². The summed E-state index contributed by atoms with van der Waals surface area (Å²) in [7, 11) is -3.87. The Balaban J connectivity index is 1.58. The van der Waals surface area contributed by atoms with Crippen molar-refractivity contribution < 1.29 is 26.3 Å².